The van der Waals surface area contributed by atoms with Crippen LogP contribution in [0, 0.1) is 29.0 Å². The zero-order valence-electron chi connectivity index (χ0n) is 26.8. The second kappa shape index (κ2) is 11.2. The van der Waals surface area contributed by atoms with E-state index >= 15 is 4.39 Å². The van der Waals surface area contributed by atoms with Gasteiger partial charge in [0.15, 0.2) is 0 Å². The van der Waals surface area contributed by atoms with E-state index in [4.69, 9.17) is 25.9 Å². The third kappa shape index (κ3) is 5.19. The number of hydrogen-bond donors (Lipinski definition) is 2. The van der Waals surface area contributed by atoms with Gasteiger partial charge in [-0.2, -0.15) is 9.97 Å². The van der Waals surface area contributed by atoms with Crippen molar-refractivity contribution in [3.05, 3.63) is 52.1 Å². The first-order valence-corrected chi connectivity index (χ1v) is 16.4. The molecule has 1 spiro atoms. The molecule has 3 saturated heterocycles. The van der Waals surface area contributed by atoms with Crippen LogP contribution in [0.2, 0.25) is 0 Å². The Bertz CT molecular complexity index is 2000. The van der Waals surface area contributed by atoms with Crippen LogP contribution in [0.25, 0.3) is 32.9 Å². The smallest absolute Gasteiger partial charge is 0.318 e. The highest BCUT2D eigenvalue weighted by Crippen LogP contribution is 2.46. The third-order valence-corrected chi connectivity index (χ3v) is 10.6. The lowest BCUT2D eigenvalue weighted by molar-refractivity contribution is -0.0238. The molecule has 10 nitrogen and oxygen atoms in total. The average Bonchev–Trinajstić information content (AvgIpc) is 3.77. The molecule has 4 aliphatic rings. The molecule has 0 bridgehead atoms. The van der Waals surface area contributed by atoms with E-state index in [9.17, 15) is 9.90 Å². The molecule has 244 valence electrons. The number of nitrogens with zero attached hydrogens (tertiary/aromatic N) is 5. The number of nitrogens with one attached hydrogen (secondary N) is 1. The molecule has 8 rings (SSSR count). The van der Waals surface area contributed by atoms with Crippen LogP contribution in [0.15, 0.2) is 35.1 Å². The maximum Gasteiger partial charge on any atom is 0.318 e. The van der Waals surface area contributed by atoms with E-state index in [1.54, 1.807) is 16.7 Å². The van der Waals surface area contributed by atoms with Gasteiger partial charge in [0.2, 0.25) is 0 Å². The van der Waals surface area contributed by atoms with Crippen molar-refractivity contribution in [2.75, 3.05) is 71.5 Å². The van der Waals surface area contributed by atoms with Gasteiger partial charge >= 0.3 is 6.01 Å². The summed E-state index contributed by atoms with van der Waals surface area (Å²) in [7, 11) is 4.13. The fourth-order valence-corrected chi connectivity index (χ4v) is 7.63. The lowest BCUT2D eigenvalue weighted by Crippen LogP contribution is -2.58. The largest absolute Gasteiger partial charge is 0.508 e. The Labute approximate surface area is 272 Å². The van der Waals surface area contributed by atoms with Crippen molar-refractivity contribution in [1.29, 1.82) is 0 Å². The SMILES string of the molecule is C#Cc1c(F)ccc2cc(O)cc(-c3cc4nc(OCC5(CN(C)C)CC5)nc(N5CCC6(CC5)CNC6)c4c(=O)n3C3COC3)c12. The summed E-state index contributed by atoms with van der Waals surface area (Å²) >= 11 is 0. The molecule has 0 unspecified atom stereocenters. The van der Waals surface area contributed by atoms with Crippen LogP contribution in [-0.2, 0) is 4.74 Å². The molecule has 11 heteroatoms. The van der Waals surface area contributed by atoms with Crippen molar-refractivity contribution in [1.82, 2.24) is 24.8 Å². The van der Waals surface area contributed by atoms with E-state index in [0.717, 1.165) is 58.4 Å². The molecule has 3 aliphatic heterocycles. The van der Waals surface area contributed by atoms with Crippen LogP contribution in [-0.4, -0.2) is 91.2 Å². The predicted octanol–water partition coefficient (Wildman–Crippen LogP) is 3.92. The van der Waals surface area contributed by atoms with E-state index in [0.29, 0.717) is 64.0 Å². The molecule has 2 N–H and O–H groups in total. The highest BCUT2D eigenvalue weighted by molar-refractivity contribution is 6.03. The lowest BCUT2D eigenvalue weighted by Gasteiger charge is -2.48. The standard InChI is InChI=1S/C36H39FN6O4/c1-4-25-27(37)6-5-22-13-24(44)14-26(30(22)25)29-15-28-31(33(45)43(29)23-16-46-17-23)32(42-11-9-35(10-12-42)18-38-19-35)40-34(39-28)47-21-36(7-8-36)20-41(2)3/h1,5-6,13-15,23,38,44H,7-12,16-21H2,2-3H3. The Morgan fingerprint density at radius 1 is 1.13 bits per heavy atom. The first kappa shape index (κ1) is 30.1. The highest BCUT2D eigenvalue weighted by atomic mass is 19.1. The number of aromatic hydroxyl groups is 1. The molecule has 47 heavy (non-hydrogen) atoms. The predicted molar refractivity (Wildman–Crippen MR) is 179 cm³/mol. The second-order valence-electron chi connectivity index (χ2n) is 14.3. The van der Waals surface area contributed by atoms with Crippen molar-refractivity contribution in [2.24, 2.45) is 10.8 Å². The molecule has 4 fully saturated rings. The molecule has 5 heterocycles. The monoisotopic (exact) mass is 638 g/mol. The Morgan fingerprint density at radius 2 is 1.89 bits per heavy atom. The minimum atomic E-state index is -0.551. The summed E-state index contributed by atoms with van der Waals surface area (Å²) in [5.41, 5.74) is 1.52. The second-order valence-corrected chi connectivity index (χ2v) is 14.3. The summed E-state index contributed by atoms with van der Waals surface area (Å²) in [6.07, 6.45) is 9.99. The number of halogens is 1. The van der Waals surface area contributed by atoms with Gasteiger partial charge in [0, 0.05) is 49.1 Å². The van der Waals surface area contributed by atoms with Gasteiger partial charge in [0.25, 0.3) is 5.56 Å². The normalized spacial score (nSPS) is 19.9. The van der Waals surface area contributed by atoms with Gasteiger partial charge in [0.1, 0.15) is 22.8 Å². The first-order valence-electron chi connectivity index (χ1n) is 16.4. The summed E-state index contributed by atoms with van der Waals surface area (Å²) in [4.78, 5) is 28.9. The highest BCUT2D eigenvalue weighted by Gasteiger charge is 2.44. The fraction of sp³-hybridized carbons (Fsp3) is 0.472. The summed E-state index contributed by atoms with van der Waals surface area (Å²) < 4.78 is 28.7. The van der Waals surface area contributed by atoms with E-state index in [2.05, 4.69) is 35.1 Å². The quantitative estimate of drug-likeness (QED) is 0.278. The van der Waals surface area contributed by atoms with Crippen LogP contribution < -0.4 is 20.5 Å². The molecule has 2 aromatic heterocycles. The molecular formula is C36H39FN6O4. The van der Waals surface area contributed by atoms with Crippen LogP contribution in [0.1, 0.15) is 37.3 Å². The Hall–Kier alpha value is -4.24. The fourth-order valence-electron chi connectivity index (χ4n) is 7.63. The van der Waals surface area contributed by atoms with Gasteiger partial charge in [-0.05, 0) is 74.8 Å². The number of hydrogen-bond acceptors (Lipinski definition) is 9. The number of rotatable bonds is 8. The molecule has 0 amide bonds. The third-order valence-electron chi connectivity index (χ3n) is 10.6. The number of benzene rings is 2. The number of anilines is 1. The molecule has 1 saturated carbocycles. The number of phenols is 1. The summed E-state index contributed by atoms with van der Waals surface area (Å²) in [5, 5.41) is 15.7. The van der Waals surface area contributed by atoms with Crippen LogP contribution in [0.4, 0.5) is 10.2 Å². The van der Waals surface area contributed by atoms with E-state index in [1.807, 2.05) is 6.07 Å². The molecule has 2 aromatic carbocycles. The summed E-state index contributed by atoms with van der Waals surface area (Å²) in [6, 6.07) is 7.76. The van der Waals surface area contributed by atoms with Gasteiger partial charge in [0.05, 0.1) is 42.6 Å². The topological polar surface area (TPSA) is 105 Å². The zero-order chi connectivity index (χ0) is 32.5. The minimum absolute atomic E-state index is 0.0261. The van der Waals surface area contributed by atoms with E-state index < -0.39 is 5.82 Å². The molecular weight excluding hydrogens is 599 g/mol. The van der Waals surface area contributed by atoms with Gasteiger partial charge in [-0.25, -0.2) is 4.39 Å². The maximum atomic E-state index is 15.1. The summed E-state index contributed by atoms with van der Waals surface area (Å²) in [5.74, 6) is 2.49. The number of piperidine rings is 1. The number of terminal acetylenes is 1. The minimum Gasteiger partial charge on any atom is -0.508 e. The Morgan fingerprint density at radius 3 is 2.51 bits per heavy atom. The van der Waals surface area contributed by atoms with E-state index in [-0.39, 0.29) is 34.3 Å². The summed E-state index contributed by atoms with van der Waals surface area (Å²) in [6.45, 7) is 5.66. The van der Waals surface area contributed by atoms with Gasteiger partial charge in [-0.1, -0.05) is 12.0 Å². The van der Waals surface area contributed by atoms with E-state index in [1.165, 1.54) is 12.1 Å². The molecule has 0 atom stereocenters. The number of fused-ring (bicyclic) bond motifs is 2. The van der Waals surface area contributed by atoms with Crippen molar-refractivity contribution in [2.45, 2.75) is 31.7 Å². The lowest BCUT2D eigenvalue weighted by atomic mass is 9.73. The molecule has 0 radical (unpaired) electrons. The van der Waals surface area contributed by atoms with Crippen molar-refractivity contribution < 1.29 is 19.0 Å². The zero-order valence-corrected chi connectivity index (χ0v) is 26.8. The number of pyridine rings is 1. The Kier molecular flexibility index (Phi) is 7.17. The maximum absolute atomic E-state index is 15.1. The number of phenolic OH excluding ortho intramolecular Hbond substituents is 1. The van der Waals surface area contributed by atoms with Crippen LogP contribution in [0.5, 0.6) is 11.8 Å². The van der Waals surface area contributed by atoms with Crippen molar-refractivity contribution in [3.8, 4) is 35.4 Å². The van der Waals surface area contributed by atoms with Crippen LogP contribution in [0.3, 0.4) is 0 Å². The van der Waals surface area contributed by atoms with Crippen LogP contribution >= 0.6 is 0 Å². The average molecular weight is 639 g/mol. The van der Waals surface area contributed by atoms with Gasteiger partial charge < -0.3 is 29.7 Å². The van der Waals surface area contributed by atoms with Gasteiger partial charge in [-0.15, -0.1) is 6.42 Å². The van der Waals surface area contributed by atoms with Crippen molar-refractivity contribution >= 4 is 27.5 Å². The van der Waals surface area contributed by atoms with Crippen molar-refractivity contribution in [3.63, 3.8) is 0 Å². The Balaban J connectivity index is 1.33. The first-order chi connectivity index (χ1) is 22.7. The van der Waals surface area contributed by atoms with Gasteiger partial charge in [-0.3, -0.25) is 9.36 Å². The number of aromatic nitrogens is 3. The molecule has 4 aromatic rings. The molecule has 1 aliphatic carbocycles. The number of ether oxygens (including phenoxy) is 2.